The van der Waals surface area contributed by atoms with Gasteiger partial charge >= 0.3 is 0 Å². The third kappa shape index (κ3) is 1.81. The van der Waals surface area contributed by atoms with E-state index in [9.17, 15) is 0 Å². The minimum atomic E-state index is 0.680. The highest BCUT2D eigenvalue weighted by molar-refractivity contribution is 5.82. The number of aryl methyl sites for hydroxylation is 1. The summed E-state index contributed by atoms with van der Waals surface area (Å²) in [4.78, 5) is 4.66. The zero-order valence-corrected chi connectivity index (χ0v) is 10.9. The molecule has 2 N–H and O–H groups in total. The molecule has 0 radical (unpaired) electrons. The monoisotopic (exact) mass is 253 g/mol. The fraction of sp³-hybridized carbons (Fsp3) is 0.133. The lowest BCUT2D eigenvalue weighted by molar-refractivity contribution is 0.416. The van der Waals surface area contributed by atoms with Crippen LogP contribution in [0.1, 0.15) is 0 Å². The highest BCUT2D eigenvalue weighted by atomic mass is 16.5. The first-order chi connectivity index (χ1) is 9.20. The zero-order chi connectivity index (χ0) is 13.4. The second kappa shape index (κ2) is 4.31. The Balaban J connectivity index is 2.27. The van der Waals surface area contributed by atoms with E-state index in [0.717, 1.165) is 28.2 Å². The van der Waals surface area contributed by atoms with Crippen molar-refractivity contribution in [1.29, 1.82) is 0 Å². The Morgan fingerprint density at radius 2 is 1.95 bits per heavy atom. The number of hydrogen-bond donors (Lipinski definition) is 1. The molecule has 1 heterocycles. The number of para-hydroxylation sites is 2. The molecule has 4 heteroatoms. The van der Waals surface area contributed by atoms with E-state index < -0.39 is 0 Å². The number of imidazole rings is 1. The van der Waals surface area contributed by atoms with Crippen molar-refractivity contribution in [3.8, 4) is 17.1 Å². The van der Waals surface area contributed by atoms with Crippen molar-refractivity contribution >= 4 is 16.7 Å². The highest BCUT2D eigenvalue weighted by Crippen LogP contribution is 2.32. The summed E-state index contributed by atoms with van der Waals surface area (Å²) in [5.74, 6) is 1.61. The standard InChI is InChI=1S/C15H15N3O/c1-18-13-6-4-3-5-12(13)17-15(18)11-8-7-10(16)9-14(11)19-2/h3-9H,16H2,1-2H3. The van der Waals surface area contributed by atoms with Crippen LogP contribution < -0.4 is 10.5 Å². The van der Waals surface area contributed by atoms with Gasteiger partial charge in [-0.15, -0.1) is 0 Å². The number of nitrogen functional groups attached to an aromatic ring is 1. The number of nitrogens with zero attached hydrogens (tertiary/aromatic N) is 2. The van der Waals surface area contributed by atoms with Gasteiger partial charge in [-0.25, -0.2) is 4.98 Å². The van der Waals surface area contributed by atoms with Crippen molar-refractivity contribution in [2.75, 3.05) is 12.8 Å². The van der Waals surface area contributed by atoms with E-state index in [1.54, 1.807) is 7.11 Å². The SMILES string of the molecule is COc1cc(N)ccc1-c1nc2ccccc2n1C. The van der Waals surface area contributed by atoms with E-state index >= 15 is 0 Å². The summed E-state index contributed by atoms with van der Waals surface area (Å²) in [6.07, 6.45) is 0. The molecule has 0 saturated heterocycles. The van der Waals surface area contributed by atoms with Crippen LogP contribution in [0.15, 0.2) is 42.5 Å². The zero-order valence-electron chi connectivity index (χ0n) is 10.9. The first-order valence-electron chi connectivity index (χ1n) is 6.06. The van der Waals surface area contributed by atoms with Crippen LogP contribution in [-0.4, -0.2) is 16.7 Å². The molecule has 0 spiro atoms. The third-order valence-corrected chi connectivity index (χ3v) is 3.25. The van der Waals surface area contributed by atoms with Crippen LogP contribution in [0, 0.1) is 0 Å². The topological polar surface area (TPSA) is 53.1 Å². The summed E-state index contributed by atoms with van der Waals surface area (Å²) in [6.45, 7) is 0. The van der Waals surface area contributed by atoms with Gasteiger partial charge in [0.05, 0.1) is 23.7 Å². The van der Waals surface area contributed by atoms with Crippen LogP contribution in [0.5, 0.6) is 5.75 Å². The number of benzene rings is 2. The molecule has 19 heavy (non-hydrogen) atoms. The molecule has 0 aliphatic rings. The molecule has 3 aromatic rings. The fourth-order valence-electron chi connectivity index (χ4n) is 2.28. The van der Waals surface area contributed by atoms with Crippen LogP contribution in [-0.2, 0) is 7.05 Å². The Morgan fingerprint density at radius 3 is 2.68 bits per heavy atom. The van der Waals surface area contributed by atoms with Gasteiger partial charge in [-0.2, -0.15) is 0 Å². The van der Waals surface area contributed by atoms with E-state index in [-0.39, 0.29) is 0 Å². The molecule has 0 atom stereocenters. The van der Waals surface area contributed by atoms with Gasteiger partial charge < -0.3 is 15.0 Å². The Labute approximate surface area is 111 Å². The Bertz CT molecular complexity index is 746. The first kappa shape index (κ1) is 11.6. The van der Waals surface area contributed by atoms with Crippen LogP contribution in [0.2, 0.25) is 0 Å². The van der Waals surface area contributed by atoms with Gasteiger partial charge in [0.15, 0.2) is 0 Å². The third-order valence-electron chi connectivity index (χ3n) is 3.25. The van der Waals surface area contributed by atoms with E-state index in [1.807, 2.05) is 43.4 Å². The lowest BCUT2D eigenvalue weighted by Gasteiger charge is -2.09. The summed E-state index contributed by atoms with van der Waals surface area (Å²) in [5.41, 5.74) is 9.47. The minimum Gasteiger partial charge on any atom is -0.496 e. The van der Waals surface area contributed by atoms with Crippen LogP contribution in [0.3, 0.4) is 0 Å². The predicted molar refractivity (Wildman–Crippen MR) is 77.1 cm³/mol. The van der Waals surface area contributed by atoms with Gasteiger partial charge in [0.25, 0.3) is 0 Å². The predicted octanol–water partition coefficient (Wildman–Crippen LogP) is 2.83. The lowest BCUT2D eigenvalue weighted by atomic mass is 10.1. The average molecular weight is 253 g/mol. The molecule has 0 fully saturated rings. The molecule has 0 unspecified atom stereocenters. The Kier molecular flexibility index (Phi) is 2.63. The summed E-state index contributed by atoms with van der Waals surface area (Å²) >= 11 is 0. The first-order valence-corrected chi connectivity index (χ1v) is 6.06. The molecule has 0 amide bonds. The number of anilines is 1. The van der Waals surface area contributed by atoms with Gasteiger partial charge in [-0.3, -0.25) is 0 Å². The molecule has 96 valence electrons. The number of hydrogen-bond acceptors (Lipinski definition) is 3. The molecule has 0 bridgehead atoms. The maximum atomic E-state index is 5.79. The highest BCUT2D eigenvalue weighted by Gasteiger charge is 2.13. The van der Waals surface area contributed by atoms with Gasteiger partial charge in [-0.1, -0.05) is 12.1 Å². The largest absolute Gasteiger partial charge is 0.496 e. The molecule has 4 nitrogen and oxygen atoms in total. The number of nitrogens with two attached hydrogens (primary N) is 1. The quantitative estimate of drug-likeness (QED) is 0.714. The van der Waals surface area contributed by atoms with Crippen LogP contribution in [0.4, 0.5) is 5.69 Å². The Morgan fingerprint density at radius 1 is 1.16 bits per heavy atom. The minimum absolute atomic E-state index is 0.680. The Hall–Kier alpha value is -2.49. The van der Waals surface area contributed by atoms with Gasteiger partial charge in [0, 0.05) is 18.8 Å². The van der Waals surface area contributed by atoms with E-state index in [4.69, 9.17) is 10.5 Å². The molecule has 0 aliphatic carbocycles. The normalized spacial score (nSPS) is 10.8. The fourth-order valence-corrected chi connectivity index (χ4v) is 2.28. The number of ether oxygens (including phenoxy) is 1. The van der Waals surface area contributed by atoms with E-state index in [2.05, 4.69) is 15.6 Å². The van der Waals surface area contributed by atoms with Gasteiger partial charge in [0.1, 0.15) is 11.6 Å². The van der Waals surface area contributed by atoms with Crippen molar-refractivity contribution < 1.29 is 4.74 Å². The molecule has 0 saturated carbocycles. The van der Waals surface area contributed by atoms with Gasteiger partial charge in [0.2, 0.25) is 0 Å². The summed E-state index contributed by atoms with van der Waals surface area (Å²) in [7, 11) is 3.64. The number of aromatic nitrogens is 2. The van der Waals surface area contributed by atoms with Crippen molar-refractivity contribution in [1.82, 2.24) is 9.55 Å². The molecule has 0 aliphatic heterocycles. The lowest BCUT2D eigenvalue weighted by Crippen LogP contribution is -1.96. The van der Waals surface area contributed by atoms with Crippen LogP contribution in [0.25, 0.3) is 22.4 Å². The van der Waals surface area contributed by atoms with E-state index in [0.29, 0.717) is 5.69 Å². The van der Waals surface area contributed by atoms with E-state index in [1.165, 1.54) is 0 Å². The summed E-state index contributed by atoms with van der Waals surface area (Å²) < 4.78 is 7.46. The summed E-state index contributed by atoms with van der Waals surface area (Å²) in [5, 5.41) is 0. The summed E-state index contributed by atoms with van der Waals surface area (Å²) in [6, 6.07) is 13.7. The second-order valence-corrected chi connectivity index (χ2v) is 4.44. The smallest absolute Gasteiger partial charge is 0.144 e. The van der Waals surface area contributed by atoms with Crippen molar-refractivity contribution in [3.05, 3.63) is 42.5 Å². The van der Waals surface area contributed by atoms with Gasteiger partial charge in [-0.05, 0) is 24.3 Å². The second-order valence-electron chi connectivity index (χ2n) is 4.44. The maximum Gasteiger partial charge on any atom is 0.144 e. The average Bonchev–Trinajstić information content (AvgIpc) is 2.76. The number of fused-ring (bicyclic) bond motifs is 1. The molecular formula is C15H15N3O. The molecule has 3 rings (SSSR count). The van der Waals surface area contributed by atoms with Crippen molar-refractivity contribution in [3.63, 3.8) is 0 Å². The van der Waals surface area contributed by atoms with Crippen molar-refractivity contribution in [2.24, 2.45) is 7.05 Å². The maximum absolute atomic E-state index is 5.79. The number of rotatable bonds is 2. The molecule has 1 aromatic heterocycles. The van der Waals surface area contributed by atoms with Crippen molar-refractivity contribution in [2.45, 2.75) is 0 Å². The number of methoxy groups -OCH3 is 1. The van der Waals surface area contributed by atoms with Crippen LogP contribution >= 0.6 is 0 Å². The molecular weight excluding hydrogens is 238 g/mol. The molecule has 2 aromatic carbocycles.